The van der Waals surface area contributed by atoms with Gasteiger partial charge in [-0.3, -0.25) is 4.79 Å². The van der Waals surface area contributed by atoms with Crippen molar-refractivity contribution >= 4 is 44.2 Å². The number of methoxy groups -OCH3 is 1. The summed E-state index contributed by atoms with van der Waals surface area (Å²) in [5.74, 6) is -0.0880. The Labute approximate surface area is 166 Å². The van der Waals surface area contributed by atoms with Gasteiger partial charge in [0.2, 0.25) is 10.0 Å². The third kappa shape index (κ3) is 4.02. The van der Waals surface area contributed by atoms with Gasteiger partial charge in [0.1, 0.15) is 5.75 Å². The SMILES string of the molecule is COc1ccc(S(=O)(=O)N2CCCC2)cc1C(=O)Nc1ccc(I)cc1. The fourth-order valence-corrected chi connectivity index (χ4v) is 4.74. The molecule has 0 aliphatic carbocycles. The van der Waals surface area contributed by atoms with Gasteiger partial charge in [0.05, 0.1) is 17.6 Å². The van der Waals surface area contributed by atoms with Gasteiger partial charge >= 0.3 is 0 Å². The summed E-state index contributed by atoms with van der Waals surface area (Å²) < 4.78 is 33.3. The average molecular weight is 486 g/mol. The molecule has 1 saturated heterocycles. The van der Waals surface area contributed by atoms with Crippen molar-refractivity contribution in [3.05, 3.63) is 51.6 Å². The molecule has 26 heavy (non-hydrogen) atoms. The summed E-state index contributed by atoms with van der Waals surface area (Å²) in [4.78, 5) is 12.8. The minimum absolute atomic E-state index is 0.105. The first-order chi connectivity index (χ1) is 12.4. The lowest BCUT2D eigenvalue weighted by Gasteiger charge is -2.17. The summed E-state index contributed by atoms with van der Waals surface area (Å²) in [5, 5.41) is 2.78. The predicted molar refractivity (Wildman–Crippen MR) is 108 cm³/mol. The molecule has 0 bridgehead atoms. The second kappa shape index (κ2) is 7.93. The summed E-state index contributed by atoms with van der Waals surface area (Å²) in [7, 11) is -2.15. The van der Waals surface area contributed by atoms with Crippen LogP contribution in [0.2, 0.25) is 0 Å². The molecule has 0 unspecified atom stereocenters. The van der Waals surface area contributed by atoms with E-state index in [-0.39, 0.29) is 10.5 Å². The highest BCUT2D eigenvalue weighted by Crippen LogP contribution is 2.27. The summed E-state index contributed by atoms with van der Waals surface area (Å²) in [6.07, 6.45) is 1.71. The van der Waals surface area contributed by atoms with Crippen LogP contribution in [0, 0.1) is 3.57 Å². The van der Waals surface area contributed by atoms with Gasteiger partial charge in [-0.05, 0) is 77.9 Å². The zero-order chi connectivity index (χ0) is 18.7. The van der Waals surface area contributed by atoms with E-state index in [4.69, 9.17) is 4.74 Å². The Hall–Kier alpha value is -1.65. The molecule has 8 heteroatoms. The van der Waals surface area contributed by atoms with Crippen molar-refractivity contribution in [1.29, 1.82) is 0 Å². The molecule has 1 heterocycles. The maximum atomic E-state index is 12.8. The number of rotatable bonds is 5. The van der Waals surface area contributed by atoms with Crippen LogP contribution in [0.25, 0.3) is 0 Å². The third-order valence-electron chi connectivity index (χ3n) is 4.22. The summed E-state index contributed by atoms with van der Waals surface area (Å²) in [5.41, 5.74) is 0.816. The molecule has 1 N–H and O–H groups in total. The number of sulfonamides is 1. The number of carbonyl (C=O) groups excluding carboxylic acids is 1. The zero-order valence-corrected chi connectivity index (χ0v) is 17.2. The lowest BCUT2D eigenvalue weighted by Crippen LogP contribution is -2.28. The molecule has 0 aromatic heterocycles. The Bertz CT molecular complexity index is 907. The second-order valence-electron chi connectivity index (χ2n) is 5.93. The lowest BCUT2D eigenvalue weighted by molar-refractivity contribution is 0.102. The van der Waals surface area contributed by atoms with E-state index < -0.39 is 15.9 Å². The van der Waals surface area contributed by atoms with Crippen LogP contribution in [0.5, 0.6) is 5.75 Å². The number of hydrogen-bond acceptors (Lipinski definition) is 4. The molecule has 6 nitrogen and oxygen atoms in total. The Morgan fingerprint density at radius 3 is 2.38 bits per heavy atom. The third-order valence-corrected chi connectivity index (χ3v) is 6.83. The summed E-state index contributed by atoms with van der Waals surface area (Å²) in [6.45, 7) is 1.02. The van der Waals surface area contributed by atoms with E-state index >= 15 is 0 Å². The topological polar surface area (TPSA) is 75.7 Å². The molecule has 0 radical (unpaired) electrons. The van der Waals surface area contributed by atoms with E-state index in [2.05, 4.69) is 27.9 Å². The van der Waals surface area contributed by atoms with Gasteiger partial charge in [-0.15, -0.1) is 0 Å². The number of amides is 1. The molecule has 138 valence electrons. The highest BCUT2D eigenvalue weighted by molar-refractivity contribution is 14.1. The van der Waals surface area contributed by atoms with Crippen LogP contribution in [-0.2, 0) is 10.0 Å². The molecule has 1 fully saturated rings. The van der Waals surface area contributed by atoms with Gasteiger partial charge in [0.15, 0.2) is 0 Å². The van der Waals surface area contributed by atoms with E-state index in [0.29, 0.717) is 24.5 Å². The van der Waals surface area contributed by atoms with Crippen molar-refractivity contribution in [3.8, 4) is 5.75 Å². The van der Waals surface area contributed by atoms with Crippen molar-refractivity contribution < 1.29 is 17.9 Å². The van der Waals surface area contributed by atoms with E-state index in [1.165, 1.54) is 29.6 Å². The first-order valence-electron chi connectivity index (χ1n) is 8.17. The summed E-state index contributed by atoms with van der Waals surface area (Å²) >= 11 is 2.18. The molecular formula is C18H19IN2O4S. The quantitative estimate of drug-likeness (QED) is 0.659. The number of halogens is 1. The van der Waals surface area contributed by atoms with Gasteiger partial charge in [-0.25, -0.2) is 8.42 Å². The van der Waals surface area contributed by atoms with Crippen molar-refractivity contribution in [1.82, 2.24) is 4.31 Å². The van der Waals surface area contributed by atoms with E-state index in [1.807, 2.05) is 12.1 Å². The second-order valence-corrected chi connectivity index (χ2v) is 9.12. The van der Waals surface area contributed by atoms with Gasteiger partial charge in [-0.2, -0.15) is 4.31 Å². The van der Waals surface area contributed by atoms with Crippen molar-refractivity contribution in [2.45, 2.75) is 17.7 Å². The first-order valence-corrected chi connectivity index (χ1v) is 10.7. The van der Waals surface area contributed by atoms with Gasteiger partial charge in [-0.1, -0.05) is 0 Å². The first kappa shape index (κ1) is 19.1. The Kier molecular flexibility index (Phi) is 5.83. The maximum absolute atomic E-state index is 12.8. The Morgan fingerprint density at radius 2 is 1.77 bits per heavy atom. The number of anilines is 1. The molecule has 2 aromatic carbocycles. The monoisotopic (exact) mass is 486 g/mol. The Morgan fingerprint density at radius 1 is 1.12 bits per heavy atom. The number of hydrogen-bond donors (Lipinski definition) is 1. The number of carbonyl (C=O) groups is 1. The molecule has 0 saturated carbocycles. The van der Waals surface area contributed by atoms with Crippen LogP contribution >= 0.6 is 22.6 Å². The van der Waals surface area contributed by atoms with Crippen molar-refractivity contribution in [2.24, 2.45) is 0 Å². The van der Waals surface area contributed by atoms with Gasteiger partial charge in [0.25, 0.3) is 5.91 Å². The predicted octanol–water partition coefficient (Wildman–Crippen LogP) is 3.34. The molecule has 1 aliphatic heterocycles. The van der Waals surface area contributed by atoms with Crippen molar-refractivity contribution in [3.63, 3.8) is 0 Å². The highest BCUT2D eigenvalue weighted by atomic mass is 127. The molecule has 0 atom stereocenters. The van der Waals surface area contributed by atoms with E-state index in [9.17, 15) is 13.2 Å². The fourth-order valence-electron chi connectivity index (χ4n) is 2.83. The number of benzene rings is 2. The number of nitrogens with zero attached hydrogens (tertiary/aromatic N) is 1. The zero-order valence-electron chi connectivity index (χ0n) is 14.2. The standard InChI is InChI=1S/C18H19IN2O4S/c1-25-17-9-8-15(26(23,24)21-10-2-3-11-21)12-16(17)18(22)20-14-6-4-13(19)5-7-14/h4-9,12H,2-3,10-11H2,1H3,(H,20,22). The molecule has 3 rings (SSSR count). The lowest BCUT2D eigenvalue weighted by atomic mass is 10.2. The van der Waals surface area contributed by atoms with E-state index in [0.717, 1.165) is 16.4 Å². The molecule has 0 spiro atoms. The number of ether oxygens (including phenoxy) is 1. The normalized spacial score (nSPS) is 15.0. The van der Waals surface area contributed by atoms with Gasteiger partial charge < -0.3 is 10.1 Å². The minimum Gasteiger partial charge on any atom is -0.496 e. The van der Waals surface area contributed by atoms with Gasteiger partial charge in [0, 0.05) is 22.3 Å². The molecule has 1 amide bonds. The number of nitrogens with one attached hydrogen (secondary N) is 1. The summed E-state index contributed by atoms with van der Waals surface area (Å²) in [6, 6.07) is 11.7. The van der Waals surface area contributed by atoms with Crippen LogP contribution in [0.1, 0.15) is 23.2 Å². The fraction of sp³-hybridized carbons (Fsp3) is 0.278. The van der Waals surface area contributed by atoms with Crippen LogP contribution in [-0.4, -0.2) is 38.8 Å². The van der Waals surface area contributed by atoms with Crippen LogP contribution in [0.4, 0.5) is 5.69 Å². The molecular weight excluding hydrogens is 467 g/mol. The average Bonchev–Trinajstić information content (AvgIpc) is 3.18. The maximum Gasteiger partial charge on any atom is 0.259 e. The van der Waals surface area contributed by atoms with E-state index in [1.54, 1.807) is 12.1 Å². The van der Waals surface area contributed by atoms with Crippen LogP contribution in [0.15, 0.2) is 47.4 Å². The Balaban J connectivity index is 1.92. The molecule has 1 aliphatic rings. The molecule has 2 aromatic rings. The highest BCUT2D eigenvalue weighted by Gasteiger charge is 2.28. The largest absolute Gasteiger partial charge is 0.496 e. The van der Waals surface area contributed by atoms with Crippen LogP contribution < -0.4 is 10.1 Å². The minimum atomic E-state index is -3.60. The van der Waals surface area contributed by atoms with Crippen molar-refractivity contribution in [2.75, 3.05) is 25.5 Å². The smallest absolute Gasteiger partial charge is 0.259 e. The van der Waals surface area contributed by atoms with Crippen LogP contribution in [0.3, 0.4) is 0 Å².